The molecule has 1 fully saturated rings. The van der Waals surface area contributed by atoms with E-state index in [9.17, 15) is 9.59 Å². The maximum atomic E-state index is 13.0. The molecule has 0 aromatic carbocycles. The Labute approximate surface area is 231 Å². The third-order valence-electron chi connectivity index (χ3n) is 7.55. The summed E-state index contributed by atoms with van der Waals surface area (Å²) < 4.78 is 26.1. The molecule has 9 heteroatoms. The van der Waals surface area contributed by atoms with E-state index >= 15 is 0 Å². The van der Waals surface area contributed by atoms with Gasteiger partial charge in [-0.25, -0.2) is 0 Å². The van der Waals surface area contributed by atoms with Crippen LogP contribution < -0.4 is 11.2 Å². The van der Waals surface area contributed by atoms with Crippen LogP contribution in [-0.2, 0) is 17.9 Å². The van der Waals surface area contributed by atoms with E-state index in [4.69, 9.17) is 12.5 Å². The number of nitrogens with zero attached hydrogens (tertiary/aromatic N) is 1. The van der Waals surface area contributed by atoms with E-state index in [1.54, 1.807) is 17.7 Å². The molecule has 213 valence electrons. The molecule has 2 rings (SSSR count). The zero-order valence-electron chi connectivity index (χ0n) is 25.0. The average Bonchev–Trinajstić information content (AvgIpc) is 3.18. The van der Waals surface area contributed by atoms with Crippen molar-refractivity contribution in [2.24, 2.45) is 0 Å². The normalized spacial score (nSPS) is 22.8. The number of aryl methyl sites for hydroxylation is 1. The van der Waals surface area contributed by atoms with E-state index in [0.29, 0.717) is 18.6 Å². The van der Waals surface area contributed by atoms with Gasteiger partial charge in [-0.3, -0.25) is 0 Å². The number of ether oxygens (including phenoxy) is 2. The molecule has 1 aliphatic rings. The molecule has 1 aromatic heterocycles. The Morgan fingerprint density at radius 1 is 1.08 bits per heavy atom. The molecule has 2 heterocycles. The number of nitrogens with one attached hydrogen (secondary N) is 1. The molecule has 0 unspecified atom stereocenters. The summed E-state index contributed by atoms with van der Waals surface area (Å²) in [6.45, 7) is 19.6. The van der Waals surface area contributed by atoms with Gasteiger partial charge >= 0.3 is 232 Å². The molecule has 0 bridgehead atoms. The standard InChI is InChI=1S/C16H26N2O5Si.3C4H9.Sn/c1-10-8-18(14(21)17-13(10)20)16(24(5)6)7-11(12(9-19)23-16)22-15(2,3)4;3*1-3-4-2;/h8,11-12H,7,9H2,1-6H3,(H,17,20,21);3*1,3-4H2,2H3;/q-1;;;;+1/t11-,12+,16-;;;;/m0..../s1. The number of aromatic nitrogens is 2. The van der Waals surface area contributed by atoms with Crippen molar-refractivity contribution >= 4 is 27.6 Å². The molecule has 37 heavy (non-hydrogen) atoms. The second-order valence-corrected chi connectivity index (χ2v) is 26.8. The fraction of sp³-hybridized carbons (Fsp3) is 0.857. The summed E-state index contributed by atoms with van der Waals surface area (Å²) >= 11 is -2.85. The number of hydrogen-bond donors (Lipinski definition) is 1. The van der Waals surface area contributed by atoms with Gasteiger partial charge < -0.3 is 0 Å². The zero-order valence-corrected chi connectivity index (χ0v) is 28.9. The first kappa shape index (κ1) is 32.8. The minimum absolute atomic E-state index is 0.188. The van der Waals surface area contributed by atoms with Crippen molar-refractivity contribution in [3.8, 4) is 0 Å². The van der Waals surface area contributed by atoms with Crippen molar-refractivity contribution in [1.82, 2.24) is 9.55 Å². The third kappa shape index (κ3) is 8.78. The van der Waals surface area contributed by atoms with Gasteiger partial charge in [0.25, 0.3) is 0 Å². The van der Waals surface area contributed by atoms with Crippen molar-refractivity contribution in [3.05, 3.63) is 32.6 Å². The molecule has 1 radical (unpaired) electrons. The summed E-state index contributed by atoms with van der Waals surface area (Å²) in [4.78, 5) is 27.7. The summed E-state index contributed by atoms with van der Waals surface area (Å²) in [6.07, 6.45) is 9.13. The third-order valence-corrected chi connectivity index (χ3v) is 22.7. The van der Waals surface area contributed by atoms with Gasteiger partial charge in [0.15, 0.2) is 0 Å². The first-order valence-electron chi connectivity index (χ1n) is 14.5. The Bertz CT molecular complexity index is 935. The molecule has 3 atom stereocenters. The summed E-state index contributed by atoms with van der Waals surface area (Å²) in [7, 11) is -1.19. The monoisotopic (exact) mass is 645 g/mol. The molecular weight excluding hydrogens is 591 g/mol. The predicted molar refractivity (Wildman–Crippen MR) is 156 cm³/mol. The molecule has 0 spiro atoms. The van der Waals surface area contributed by atoms with Crippen LogP contribution in [0.1, 0.15) is 92.1 Å². The van der Waals surface area contributed by atoms with Gasteiger partial charge in [-0.2, -0.15) is 0 Å². The quantitative estimate of drug-likeness (QED) is 0.233. The van der Waals surface area contributed by atoms with Gasteiger partial charge in [0.2, 0.25) is 0 Å². The molecule has 0 aliphatic carbocycles. The van der Waals surface area contributed by atoms with Crippen LogP contribution in [0.4, 0.5) is 0 Å². The van der Waals surface area contributed by atoms with Gasteiger partial charge in [0.1, 0.15) is 0 Å². The van der Waals surface area contributed by atoms with E-state index in [2.05, 4.69) is 59.6 Å². The van der Waals surface area contributed by atoms with E-state index < -0.39 is 38.6 Å². The van der Waals surface area contributed by atoms with Crippen molar-refractivity contribution < 1.29 is 12.5 Å². The van der Waals surface area contributed by atoms with Crippen LogP contribution in [0.25, 0.3) is 0 Å². The first-order chi connectivity index (χ1) is 17.3. The van der Waals surface area contributed by atoms with Crippen LogP contribution in [0.15, 0.2) is 15.8 Å². The molecule has 1 N–H and O–H groups in total. The Balaban J connectivity index is 2.45. The molecule has 1 aromatic rings. The Hall–Kier alpha value is -0.424. The predicted octanol–water partition coefficient (Wildman–Crippen LogP) is 6.13. The van der Waals surface area contributed by atoms with Crippen LogP contribution in [0.2, 0.25) is 26.4 Å². The second kappa shape index (κ2) is 14.3. The molecular formula is C28H53N2O5SiSn. The van der Waals surface area contributed by atoms with E-state index in [0.717, 1.165) is 0 Å². The van der Waals surface area contributed by atoms with Gasteiger partial charge in [-0.05, 0) is 0 Å². The Morgan fingerprint density at radius 3 is 2.08 bits per heavy atom. The van der Waals surface area contributed by atoms with Crippen molar-refractivity contribution in [2.45, 2.75) is 143 Å². The number of unbranched alkanes of at least 4 members (excludes halogenated alkanes) is 3. The molecule has 1 aliphatic heterocycles. The fourth-order valence-electron chi connectivity index (χ4n) is 5.39. The second-order valence-electron chi connectivity index (χ2n) is 12.2. The fourth-order valence-corrected chi connectivity index (χ4v) is 20.4. The van der Waals surface area contributed by atoms with Crippen LogP contribution in [-0.4, -0.2) is 61.6 Å². The van der Waals surface area contributed by atoms with Crippen LogP contribution in [0.5, 0.6) is 0 Å². The van der Waals surface area contributed by atoms with E-state index in [-0.39, 0.29) is 23.4 Å². The Kier molecular flexibility index (Phi) is 12.7. The maximum absolute atomic E-state index is 13.0. The van der Waals surface area contributed by atoms with Gasteiger partial charge in [0.05, 0.1) is 0 Å². The number of H-pyrrole nitrogens is 1. The van der Waals surface area contributed by atoms with Gasteiger partial charge in [0, 0.05) is 0 Å². The van der Waals surface area contributed by atoms with Crippen molar-refractivity contribution in [2.75, 3.05) is 6.61 Å². The molecule has 0 saturated carbocycles. The van der Waals surface area contributed by atoms with Crippen molar-refractivity contribution in [3.63, 3.8) is 0 Å². The zero-order chi connectivity index (χ0) is 27.9. The summed E-state index contributed by atoms with van der Waals surface area (Å²) in [6, 6.07) is 0. The molecule has 7 nitrogen and oxygen atoms in total. The minimum atomic E-state index is -2.85. The van der Waals surface area contributed by atoms with E-state index in [1.807, 2.05) is 0 Å². The summed E-state index contributed by atoms with van der Waals surface area (Å²) in [5, 5.41) is -0.810. The van der Waals surface area contributed by atoms with Crippen LogP contribution in [0, 0.1) is 6.92 Å². The molecule has 1 saturated heterocycles. The summed E-state index contributed by atoms with van der Waals surface area (Å²) in [5.41, 5.74) is -0.609. The topological polar surface area (TPSA) is 82.5 Å². The van der Waals surface area contributed by atoms with Crippen LogP contribution >= 0.6 is 0 Å². The van der Waals surface area contributed by atoms with Crippen LogP contribution in [0.3, 0.4) is 0 Å². The summed E-state index contributed by atoms with van der Waals surface area (Å²) in [5.74, 6) is 0. The van der Waals surface area contributed by atoms with Crippen molar-refractivity contribution in [1.29, 1.82) is 0 Å². The Morgan fingerprint density at radius 2 is 1.62 bits per heavy atom. The number of hydrogen-bond acceptors (Lipinski definition) is 5. The number of aromatic amines is 1. The average molecular weight is 645 g/mol. The number of rotatable bonds is 15. The van der Waals surface area contributed by atoms with E-state index in [1.165, 1.54) is 51.8 Å². The molecule has 0 amide bonds. The first-order valence-corrected chi connectivity index (χ1v) is 24.2. The van der Waals surface area contributed by atoms with Gasteiger partial charge in [-0.1, -0.05) is 0 Å². The van der Waals surface area contributed by atoms with Gasteiger partial charge in [-0.15, -0.1) is 0 Å². The SMILES string of the molecule is CCC[CH2][Sn]([CH2]CCC)([CH2]CCC)[O]C[C@H]1O[C@](n2cc(C)c(=O)[nH]c2=O)([Si](C)C)C[C@@H]1OC(C)(C)C.